The van der Waals surface area contributed by atoms with Gasteiger partial charge < -0.3 is 14.6 Å². The topological polar surface area (TPSA) is 38.7 Å². The van der Waals surface area contributed by atoms with Crippen LogP contribution in [0.5, 0.6) is 5.75 Å². The molecule has 1 saturated heterocycles. The Balaban J connectivity index is 2.30. The highest BCUT2D eigenvalue weighted by molar-refractivity contribution is 5.46. The van der Waals surface area contributed by atoms with Gasteiger partial charge >= 0.3 is 0 Å². The first-order valence-electron chi connectivity index (χ1n) is 6.48. The van der Waals surface area contributed by atoms with E-state index in [-0.39, 0.29) is 12.0 Å². The predicted octanol–water partition coefficient (Wildman–Crippen LogP) is 2.77. The van der Waals surface area contributed by atoms with E-state index in [0.29, 0.717) is 6.61 Å². The van der Waals surface area contributed by atoms with Crippen LogP contribution in [0.25, 0.3) is 0 Å². The fraction of sp³-hybridized carbons (Fsp3) is 0.600. The summed E-state index contributed by atoms with van der Waals surface area (Å²) in [6.45, 7) is 6.75. The Morgan fingerprint density at radius 1 is 1.39 bits per heavy atom. The van der Waals surface area contributed by atoms with Crippen molar-refractivity contribution in [1.29, 1.82) is 0 Å². The van der Waals surface area contributed by atoms with E-state index in [1.54, 1.807) is 7.11 Å². The second-order valence-corrected chi connectivity index (χ2v) is 5.21. The summed E-state index contributed by atoms with van der Waals surface area (Å²) in [5.74, 6) is 0.970. The lowest BCUT2D eigenvalue weighted by atomic mass is 9.91. The van der Waals surface area contributed by atoms with E-state index < -0.39 is 6.10 Å². The van der Waals surface area contributed by atoms with Crippen LogP contribution in [0.4, 0.5) is 0 Å². The van der Waals surface area contributed by atoms with Crippen molar-refractivity contribution in [2.24, 2.45) is 5.92 Å². The van der Waals surface area contributed by atoms with E-state index in [2.05, 4.69) is 6.92 Å². The molecule has 0 aliphatic carbocycles. The van der Waals surface area contributed by atoms with Crippen LogP contribution in [0.1, 0.15) is 36.1 Å². The van der Waals surface area contributed by atoms with Crippen molar-refractivity contribution >= 4 is 0 Å². The zero-order chi connectivity index (χ0) is 13.3. The monoisotopic (exact) mass is 250 g/mol. The molecule has 100 valence electrons. The van der Waals surface area contributed by atoms with Gasteiger partial charge in [0, 0.05) is 11.5 Å². The summed E-state index contributed by atoms with van der Waals surface area (Å²) in [5.41, 5.74) is 3.16. The number of aliphatic hydroxyl groups excluding tert-OH is 1. The summed E-state index contributed by atoms with van der Waals surface area (Å²) in [6, 6.07) is 4.00. The molecule has 1 fully saturated rings. The molecule has 18 heavy (non-hydrogen) atoms. The molecular formula is C15H22O3. The summed E-state index contributed by atoms with van der Waals surface area (Å²) >= 11 is 0. The molecule has 0 aromatic heterocycles. The van der Waals surface area contributed by atoms with Crippen molar-refractivity contribution in [1.82, 2.24) is 0 Å². The number of hydrogen-bond donors (Lipinski definition) is 1. The number of benzene rings is 1. The zero-order valence-corrected chi connectivity index (χ0v) is 11.6. The Labute approximate surface area is 109 Å². The maximum absolute atomic E-state index is 10.5. The van der Waals surface area contributed by atoms with Crippen molar-refractivity contribution in [3.8, 4) is 5.75 Å². The molecule has 3 nitrogen and oxygen atoms in total. The molecule has 1 aromatic carbocycles. The quantitative estimate of drug-likeness (QED) is 0.896. The number of hydrogen-bond acceptors (Lipinski definition) is 3. The van der Waals surface area contributed by atoms with Crippen LogP contribution >= 0.6 is 0 Å². The molecule has 0 spiro atoms. The fourth-order valence-electron chi connectivity index (χ4n) is 2.64. The number of methoxy groups -OCH3 is 1. The number of ether oxygens (including phenoxy) is 2. The Kier molecular flexibility index (Phi) is 3.93. The molecule has 3 atom stereocenters. The first kappa shape index (κ1) is 13.4. The lowest BCUT2D eigenvalue weighted by Gasteiger charge is -2.21. The molecular weight excluding hydrogens is 228 g/mol. The normalized spacial score (nSPS) is 25.2. The molecule has 1 aliphatic rings. The largest absolute Gasteiger partial charge is 0.496 e. The van der Waals surface area contributed by atoms with Crippen LogP contribution in [0, 0.1) is 19.8 Å². The van der Waals surface area contributed by atoms with Crippen LogP contribution in [0.3, 0.4) is 0 Å². The maximum Gasteiger partial charge on any atom is 0.127 e. The maximum atomic E-state index is 10.5. The highest BCUT2D eigenvalue weighted by atomic mass is 16.5. The molecule has 1 aliphatic heterocycles. The Hall–Kier alpha value is -1.06. The van der Waals surface area contributed by atoms with Crippen molar-refractivity contribution in [3.05, 3.63) is 28.8 Å². The van der Waals surface area contributed by atoms with Crippen molar-refractivity contribution in [2.75, 3.05) is 13.7 Å². The third-order valence-corrected chi connectivity index (χ3v) is 3.91. The molecule has 3 heteroatoms. The standard InChI is InChI=1S/C15H22O3/c1-9-5-6-13(15(17-4)11(9)3)14(16)12-7-10(2)18-8-12/h5-6,10,12,14,16H,7-8H2,1-4H3. The molecule has 3 unspecified atom stereocenters. The summed E-state index contributed by atoms with van der Waals surface area (Å²) in [4.78, 5) is 0. The summed E-state index contributed by atoms with van der Waals surface area (Å²) in [7, 11) is 1.66. The molecule has 0 saturated carbocycles. The molecule has 2 rings (SSSR count). The van der Waals surface area contributed by atoms with Gasteiger partial charge in [-0.1, -0.05) is 12.1 Å². The van der Waals surface area contributed by atoms with E-state index in [1.165, 1.54) is 5.56 Å². The minimum atomic E-state index is -0.510. The van der Waals surface area contributed by atoms with E-state index in [9.17, 15) is 5.11 Å². The van der Waals surface area contributed by atoms with E-state index in [4.69, 9.17) is 9.47 Å². The van der Waals surface area contributed by atoms with Crippen LogP contribution in [-0.2, 0) is 4.74 Å². The van der Waals surface area contributed by atoms with Gasteiger partial charge in [0.15, 0.2) is 0 Å². The average molecular weight is 250 g/mol. The Morgan fingerprint density at radius 3 is 2.67 bits per heavy atom. The van der Waals surface area contributed by atoms with Crippen LogP contribution < -0.4 is 4.74 Å². The van der Waals surface area contributed by atoms with Gasteiger partial charge in [0.25, 0.3) is 0 Å². The number of aryl methyl sites for hydroxylation is 1. The molecule has 0 radical (unpaired) electrons. The fourth-order valence-corrected chi connectivity index (χ4v) is 2.64. The van der Waals surface area contributed by atoms with Gasteiger partial charge in [-0.15, -0.1) is 0 Å². The molecule has 1 aromatic rings. The van der Waals surface area contributed by atoms with Gasteiger partial charge in [-0.05, 0) is 38.3 Å². The predicted molar refractivity (Wildman–Crippen MR) is 70.9 cm³/mol. The molecule has 1 N–H and O–H groups in total. The van der Waals surface area contributed by atoms with Gasteiger partial charge in [-0.25, -0.2) is 0 Å². The van der Waals surface area contributed by atoms with E-state index in [0.717, 1.165) is 23.3 Å². The first-order chi connectivity index (χ1) is 8.54. The minimum absolute atomic E-state index is 0.163. The van der Waals surface area contributed by atoms with Crippen molar-refractivity contribution in [2.45, 2.75) is 39.4 Å². The first-order valence-corrected chi connectivity index (χ1v) is 6.48. The van der Waals surface area contributed by atoms with Crippen LogP contribution in [0.15, 0.2) is 12.1 Å². The minimum Gasteiger partial charge on any atom is -0.496 e. The van der Waals surface area contributed by atoms with E-state index in [1.807, 2.05) is 26.0 Å². The average Bonchev–Trinajstić information content (AvgIpc) is 2.78. The van der Waals surface area contributed by atoms with Crippen LogP contribution in [-0.4, -0.2) is 24.9 Å². The van der Waals surface area contributed by atoms with Gasteiger partial charge in [0.1, 0.15) is 5.75 Å². The van der Waals surface area contributed by atoms with Gasteiger partial charge in [-0.2, -0.15) is 0 Å². The number of rotatable bonds is 3. The van der Waals surface area contributed by atoms with Crippen molar-refractivity contribution < 1.29 is 14.6 Å². The molecule has 1 heterocycles. The summed E-state index contributed by atoms with van der Waals surface area (Å²) < 4.78 is 11.0. The van der Waals surface area contributed by atoms with E-state index >= 15 is 0 Å². The number of aliphatic hydroxyl groups is 1. The van der Waals surface area contributed by atoms with Gasteiger partial charge in [0.2, 0.25) is 0 Å². The summed E-state index contributed by atoms with van der Waals surface area (Å²) in [5, 5.41) is 10.5. The second kappa shape index (κ2) is 5.29. The molecule has 0 amide bonds. The zero-order valence-electron chi connectivity index (χ0n) is 11.6. The lowest BCUT2D eigenvalue weighted by molar-refractivity contribution is 0.0789. The molecule has 0 bridgehead atoms. The lowest BCUT2D eigenvalue weighted by Crippen LogP contribution is -2.14. The SMILES string of the molecule is COc1c(C(O)C2COC(C)C2)ccc(C)c1C. The highest BCUT2D eigenvalue weighted by Crippen LogP contribution is 2.38. The Morgan fingerprint density at radius 2 is 2.11 bits per heavy atom. The smallest absolute Gasteiger partial charge is 0.127 e. The Bertz CT molecular complexity index is 428. The van der Waals surface area contributed by atoms with Gasteiger partial charge in [0.05, 0.1) is 25.9 Å². The van der Waals surface area contributed by atoms with Crippen molar-refractivity contribution in [3.63, 3.8) is 0 Å². The third kappa shape index (κ3) is 2.38. The second-order valence-electron chi connectivity index (χ2n) is 5.21. The third-order valence-electron chi connectivity index (χ3n) is 3.91. The summed E-state index contributed by atoms with van der Waals surface area (Å²) in [6.07, 6.45) is 0.628. The van der Waals surface area contributed by atoms with Gasteiger partial charge in [-0.3, -0.25) is 0 Å². The van der Waals surface area contributed by atoms with Crippen LogP contribution in [0.2, 0.25) is 0 Å². The highest BCUT2D eigenvalue weighted by Gasteiger charge is 2.31.